The summed E-state index contributed by atoms with van der Waals surface area (Å²) in [5.74, 6) is -0.720. The minimum Gasteiger partial charge on any atom is -0.383 e. The number of para-hydroxylation sites is 1. The summed E-state index contributed by atoms with van der Waals surface area (Å²) in [5, 5.41) is 5.54. The predicted molar refractivity (Wildman–Crippen MR) is 96.3 cm³/mol. The SMILES string of the molecule is COCCNC(=O)C1CN(C(=O)Nc2ccccc2F)CC12CCCC2. The van der Waals surface area contributed by atoms with Crippen LogP contribution in [0.5, 0.6) is 0 Å². The summed E-state index contributed by atoms with van der Waals surface area (Å²) in [6.07, 6.45) is 4.03. The van der Waals surface area contributed by atoms with Gasteiger partial charge in [-0.05, 0) is 25.0 Å². The molecule has 3 amide bonds. The van der Waals surface area contributed by atoms with Crippen molar-refractivity contribution in [1.82, 2.24) is 10.2 Å². The molecule has 2 N–H and O–H groups in total. The number of likely N-dealkylation sites (tertiary alicyclic amines) is 1. The molecule has 26 heavy (non-hydrogen) atoms. The number of carbonyl (C=O) groups is 2. The lowest BCUT2D eigenvalue weighted by Gasteiger charge is -2.28. The van der Waals surface area contributed by atoms with E-state index in [0.717, 1.165) is 25.7 Å². The van der Waals surface area contributed by atoms with Crippen LogP contribution in [0, 0.1) is 17.2 Å². The van der Waals surface area contributed by atoms with E-state index >= 15 is 0 Å². The second-order valence-electron chi connectivity index (χ2n) is 7.20. The topological polar surface area (TPSA) is 70.7 Å². The van der Waals surface area contributed by atoms with Gasteiger partial charge in [0.05, 0.1) is 18.2 Å². The molecule has 1 spiro atoms. The number of hydrogen-bond donors (Lipinski definition) is 2. The van der Waals surface area contributed by atoms with Gasteiger partial charge in [-0.2, -0.15) is 0 Å². The molecule has 1 unspecified atom stereocenters. The van der Waals surface area contributed by atoms with Gasteiger partial charge in [-0.25, -0.2) is 9.18 Å². The number of benzene rings is 1. The van der Waals surface area contributed by atoms with Gasteiger partial charge in [-0.15, -0.1) is 0 Å². The molecule has 1 atom stereocenters. The van der Waals surface area contributed by atoms with Gasteiger partial charge >= 0.3 is 6.03 Å². The molecule has 1 aromatic rings. The first-order chi connectivity index (χ1) is 12.6. The van der Waals surface area contributed by atoms with Crippen molar-refractivity contribution >= 4 is 17.6 Å². The van der Waals surface area contributed by atoms with Gasteiger partial charge in [-0.1, -0.05) is 25.0 Å². The Balaban J connectivity index is 1.69. The van der Waals surface area contributed by atoms with Crippen molar-refractivity contribution < 1.29 is 18.7 Å². The molecule has 142 valence electrons. The number of carbonyl (C=O) groups excluding carboxylic acids is 2. The molecule has 1 saturated carbocycles. The van der Waals surface area contributed by atoms with Crippen LogP contribution in [0.1, 0.15) is 25.7 Å². The number of nitrogens with one attached hydrogen (secondary N) is 2. The molecule has 1 aromatic carbocycles. The fourth-order valence-corrected chi connectivity index (χ4v) is 4.23. The Hall–Kier alpha value is -2.15. The van der Waals surface area contributed by atoms with Crippen LogP contribution >= 0.6 is 0 Å². The van der Waals surface area contributed by atoms with E-state index in [4.69, 9.17) is 4.74 Å². The number of rotatable bonds is 5. The zero-order chi connectivity index (χ0) is 18.6. The fraction of sp³-hybridized carbons (Fsp3) is 0.579. The third-order valence-corrected chi connectivity index (χ3v) is 5.57. The van der Waals surface area contributed by atoms with E-state index in [1.54, 1.807) is 24.1 Å². The third-order valence-electron chi connectivity index (χ3n) is 5.57. The lowest BCUT2D eigenvalue weighted by Crippen LogP contribution is -2.41. The maximum Gasteiger partial charge on any atom is 0.321 e. The molecule has 1 aliphatic heterocycles. The van der Waals surface area contributed by atoms with Crippen LogP contribution in [0.15, 0.2) is 24.3 Å². The maximum atomic E-state index is 13.8. The van der Waals surface area contributed by atoms with Crippen molar-refractivity contribution in [1.29, 1.82) is 0 Å². The van der Waals surface area contributed by atoms with Crippen molar-refractivity contribution in [2.75, 3.05) is 38.7 Å². The predicted octanol–water partition coefficient (Wildman–Crippen LogP) is 2.61. The lowest BCUT2D eigenvalue weighted by atomic mass is 9.76. The minimum atomic E-state index is -0.468. The number of anilines is 1. The molecule has 0 radical (unpaired) electrons. The molecule has 1 saturated heterocycles. The number of urea groups is 1. The summed E-state index contributed by atoms with van der Waals surface area (Å²) in [5.41, 5.74) is -0.00466. The average molecular weight is 363 g/mol. The van der Waals surface area contributed by atoms with Crippen molar-refractivity contribution in [3.63, 3.8) is 0 Å². The Labute approximate surface area is 153 Å². The summed E-state index contributed by atoms with van der Waals surface area (Å²) >= 11 is 0. The highest BCUT2D eigenvalue weighted by Crippen LogP contribution is 2.49. The first-order valence-electron chi connectivity index (χ1n) is 9.13. The number of methoxy groups -OCH3 is 1. The summed E-state index contributed by atoms with van der Waals surface area (Å²) < 4.78 is 18.8. The third kappa shape index (κ3) is 3.82. The number of nitrogens with zero attached hydrogens (tertiary/aromatic N) is 1. The second kappa shape index (κ2) is 8.03. The van der Waals surface area contributed by atoms with Gasteiger partial charge in [0, 0.05) is 32.2 Å². The molecule has 2 aliphatic rings. The lowest BCUT2D eigenvalue weighted by molar-refractivity contribution is -0.127. The molecule has 1 heterocycles. The summed E-state index contributed by atoms with van der Waals surface area (Å²) in [7, 11) is 1.59. The Kier molecular flexibility index (Phi) is 5.76. The van der Waals surface area contributed by atoms with E-state index in [0.29, 0.717) is 26.2 Å². The van der Waals surface area contributed by atoms with Crippen LogP contribution in [-0.4, -0.2) is 50.2 Å². The summed E-state index contributed by atoms with van der Waals surface area (Å²) in [6, 6.07) is 5.74. The highest BCUT2D eigenvalue weighted by molar-refractivity contribution is 5.91. The molecule has 0 bridgehead atoms. The molecule has 2 fully saturated rings. The largest absolute Gasteiger partial charge is 0.383 e. The van der Waals surface area contributed by atoms with Crippen LogP contribution in [0.25, 0.3) is 0 Å². The van der Waals surface area contributed by atoms with Gasteiger partial charge in [-0.3, -0.25) is 4.79 Å². The minimum absolute atomic E-state index is 0.0230. The quantitative estimate of drug-likeness (QED) is 0.790. The van der Waals surface area contributed by atoms with Gasteiger partial charge in [0.1, 0.15) is 5.82 Å². The molecule has 6 nitrogen and oxygen atoms in total. The van der Waals surface area contributed by atoms with Crippen molar-refractivity contribution in [2.24, 2.45) is 11.3 Å². The van der Waals surface area contributed by atoms with Crippen LogP contribution in [-0.2, 0) is 9.53 Å². The summed E-state index contributed by atoms with van der Waals surface area (Å²) in [6.45, 7) is 1.82. The van der Waals surface area contributed by atoms with Gasteiger partial charge < -0.3 is 20.3 Å². The number of hydrogen-bond acceptors (Lipinski definition) is 3. The summed E-state index contributed by atoms with van der Waals surface area (Å²) in [4.78, 5) is 27.0. The van der Waals surface area contributed by atoms with E-state index in [-0.39, 0.29) is 29.0 Å². The molecule has 7 heteroatoms. The standard InChI is InChI=1S/C19H26FN3O3/c1-26-11-10-21-17(24)14-12-23(13-19(14)8-4-5-9-19)18(25)22-16-7-3-2-6-15(16)20/h2-3,6-7,14H,4-5,8-13H2,1H3,(H,21,24)(H,22,25). The number of amides is 3. The monoisotopic (exact) mass is 363 g/mol. The number of halogens is 1. The average Bonchev–Trinajstić information content (AvgIpc) is 3.25. The highest BCUT2D eigenvalue weighted by Gasteiger charge is 2.52. The zero-order valence-corrected chi connectivity index (χ0v) is 15.1. The van der Waals surface area contributed by atoms with Crippen molar-refractivity contribution in [3.05, 3.63) is 30.1 Å². The molecule has 1 aliphatic carbocycles. The second-order valence-corrected chi connectivity index (χ2v) is 7.20. The van der Waals surface area contributed by atoms with Crippen LogP contribution in [0.3, 0.4) is 0 Å². The van der Waals surface area contributed by atoms with Crippen molar-refractivity contribution in [3.8, 4) is 0 Å². The van der Waals surface area contributed by atoms with E-state index < -0.39 is 5.82 Å². The normalized spacial score (nSPS) is 21.2. The van der Waals surface area contributed by atoms with E-state index in [2.05, 4.69) is 10.6 Å². The van der Waals surface area contributed by atoms with Gasteiger partial charge in [0.15, 0.2) is 0 Å². The first-order valence-corrected chi connectivity index (χ1v) is 9.13. The van der Waals surface area contributed by atoms with Gasteiger partial charge in [0.25, 0.3) is 0 Å². The molecule has 3 rings (SSSR count). The first kappa shape index (κ1) is 18.6. The molecule has 0 aromatic heterocycles. The van der Waals surface area contributed by atoms with E-state index in [9.17, 15) is 14.0 Å². The Morgan fingerprint density at radius 2 is 2.04 bits per heavy atom. The molecular weight excluding hydrogens is 337 g/mol. The maximum absolute atomic E-state index is 13.8. The Morgan fingerprint density at radius 3 is 2.73 bits per heavy atom. The Morgan fingerprint density at radius 1 is 1.31 bits per heavy atom. The van der Waals surface area contributed by atoms with Crippen LogP contribution in [0.2, 0.25) is 0 Å². The van der Waals surface area contributed by atoms with Crippen LogP contribution in [0.4, 0.5) is 14.9 Å². The van der Waals surface area contributed by atoms with Crippen molar-refractivity contribution in [2.45, 2.75) is 25.7 Å². The number of ether oxygens (including phenoxy) is 1. The Bertz CT molecular complexity index is 661. The fourth-order valence-electron chi connectivity index (χ4n) is 4.23. The van der Waals surface area contributed by atoms with E-state index in [1.807, 2.05) is 0 Å². The van der Waals surface area contributed by atoms with E-state index in [1.165, 1.54) is 12.1 Å². The van der Waals surface area contributed by atoms with Gasteiger partial charge in [0.2, 0.25) is 5.91 Å². The highest BCUT2D eigenvalue weighted by atomic mass is 19.1. The smallest absolute Gasteiger partial charge is 0.321 e. The van der Waals surface area contributed by atoms with Crippen LogP contribution < -0.4 is 10.6 Å². The molecular formula is C19H26FN3O3. The zero-order valence-electron chi connectivity index (χ0n) is 15.1.